The van der Waals surface area contributed by atoms with Crippen LogP contribution in [0.25, 0.3) is 0 Å². The summed E-state index contributed by atoms with van der Waals surface area (Å²) in [4.78, 5) is 11.4. The Morgan fingerprint density at radius 2 is 1.92 bits per heavy atom. The molecule has 1 aromatic rings. The van der Waals surface area contributed by atoms with Gasteiger partial charge in [-0.05, 0) is 16.9 Å². The summed E-state index contributed by atoms with van der Waals surface area (Å²) in [6.07, 6.45) is 0. The molecule has 0 aliphatic heterocycles. The molecule has 0 bridgehead atoms. The van der Waals surface area contributed by atoms with Crippen LogP contribution in [0.3, 0.4) is 0 Å². The highest BCUT2D eigenvalue weighted by molar-refractivity contribution is 7.11. The summed E-state index contributed by atoms with van der Waals surface area (Å²) in [5.74, 6) is 0. The SMILES string of the molecule is CC(C)(C)Cn1sc(Cl)c(Cl)c1=O. The Balaban J connectivity index is 3.04. The van der Waals surface area contributed by atoms with Crippen LogP contribution >= 0.6 is 34.7 Å². The van der Waals surface area contributed by atoms with Crippen molar-refractivity contribution < 1.29 is 0 Å². The maximum Gasteiger partial charge on any atom is 0.281 e. The number of hydrogen-bond acceptors (Lipinski definition) is 2. The van der Waals surface area contributed by atoms with Gasteiger partial charge < -0.3 is 0 Å². The van der Waals surface area contributed by atoms with E-state index < -0.39 is 0 Å². The van der Waals surface area contributed by atoms with Crippen molar-refractivity contribution in [3.05, 3.63) is 19.7 Å². The Bertz CT molecular complexity index is 361. The molecule has 5 heteroatoms. The van der Waals surface area contributed by atoms with Gasteiger partial charge in [-0.1, -0.05) is 44.0 Å². The number of hydrogen-bond donors (Lipinski definition) is 0. The van der Waals surface area contributed by atoms with Crippen LogP contribution in [0.4, 0.5) is 0 Å². The summed E-state index contributed by atoms with van der Waals surface area (Å²) in [6, 6.07) is 0. The summed E-state index contributed by atoms with van der Waals surface area (Å²) in [7, 11) is 0. The largest absolute Gasteiger partial charge is 0.281 e. The first kappa shape index (κ1) is 11.1. The first-order chi connectivity index (χ1) is 5.81. The average Bonchev–Trinajstić information content (AvgIpc) is 2.15. The fourth-order valence-corrected chi connectivity index (χ4v) is 2.48. The van der Waals surface area contributed by atoms with Gasteiger partial charge in [0.25, 0.3) is 5.56 Å². The molecule has 13 heavy (non-hydrogen) atoms. The summed E-state index contributed by atoms with van der Waals surface area (Å²) in [5.41, 5.74) is -0.131. The second-order valence-electron chi connectivity index (χ2n) is 4.08. The Labute approximate surface area is 91.2 Å². The highest BCUT2D eigenvalue weighted by Gasteiger charge is 2.17. The predicted molar refractivity (Wildman–Crippen MR) is 58.1 cm³/mol. The van der Waals surface area contributed by atoms with Gasteiger partial charge in [-0.3, -0.25) is 8.75 Å². The maximum atomic E-state index is 11.4. The molecule has 2 nitrogen and oxygen atoms in total. The fourth-order valence-electron chi connectivity index (χ4n) is 0.907. The third kappa shape index (κ3) is 2.73. The van der Waals surface area contributed by atoms with E-state index in [9.17, 15) is 4.79 Å². The van der Waals surface area contributed by atoms with Gasteiger partial charge >= 0.3 is 0 Å². The van der Waals surface area contributed by atoms with Crippen LogP contribution in [0.15, 0.2) is 4.79 Å². The minimum atomic E-state index is -0.188. The average molecular weight is 240 g/mol. The second kappa shape index (κ2) is 3.64. The normalized spacial score (nSPS) is 12.1. The Morgan fingerprint density at radius 1 is 1.38 bits per heavy atom. The van der Waals surface area contributed by atoms with Crippen molar-refractivity contribution in [2.75, 3.05) is 0 Å². The molecule has 0 saturated carbocycles. The molecule has 0 N–H and O–H groups in total. The first-order valence-electron chi connectivity index (χ1n) is 3.86. The molecule has 0 atom stereocenters. The molecule has 0 amide bonds. The summed E-state index contributed by atoms with van der Waals surface area (Å²) in [6.45, 7) is 6.81. The van der Waals surface area contributed by atoms with Gasteiger partial charge in [0, 0.05) is 6.54 Å². The van der Waals surface area contributed by atoms with Crippen molar-refractivity contribution in [1.82, 2.24) is 3.96 Å². The molecule has 1 aromatic heterocycles. The van der Waals surface area contributed by atoms with Gasteiger partial charge in [-0.15, -0.1) is 0 Å². The monoisotopic (exact) mass is 239 g/mol. The molecule has 1 rings (SSSR count). The lowest BCUT2D eigenvalue weighted by atomic mass is 9.97. The summed E-state index contributed by atoms with van der Waals surface area (Å²) >= 11 is 12.6. The molecule has 0 aliphatic rings. The van der Waals surface area contributed by atoms with Crippen molar-refractivity contribution in [3.63, 3.8) is 0 Å². The molecule has 0 radical (unpaired) electrons. The zero-order chi connectivity index (χ0) is 10.2. The topological polar surface area (TPSA) is 22.0 Å². The van der Waals surface area contributed by atoms with Crippen LogP contribution in [0.2, 0.25) is 9.36 Å². The minimum absolute atomic E-state index is 0.0569. The predicted octanol–water partition coefficient (Wildman–Crippen LogP) is 3.26. The van der Waals surface area contributed by atoms with Crippen LogP contribution in [0, 0.1) is 5.41 Å². The maximum absolute atomic E-state index is 11.4. The summed E-state index contributed by atoms with van der Waals surface area (Å²) < 4.78 is 1.96. The molecule has 0 aromatic carbocycles. The number of rotatable bonds is 1. The van der Waals surface area contributed by atoms with Gasteiger partial charge in [0.2, 0.25) is 0 Å². The van der Waals surface area contributed by atoms with Gasteiger partial charge in [-0.2, -0.15) is 0 Å². The van der Waals surface area contributed by atoms with E-state index in [1.807, 2.05) is 0 Å². The summed E-state index contributed by atoms with van der Waals surface area (Å²) in [5, 5.41) is 0.135. The number of halogens is 2. The molecule has 0 spiro atoms. The van der Waals surface area contributed by atoms with Crippen LogP contribution in [-0.2, 0) is 6.54 Å². The zero-order valence-corrected chi connectivity index (χ0v) is 10.1. The smallest absolute Gasteiger partial charge is 0.267 e. The van der Waals surface area contributed by atoms with E-state index in [-0.39, 0.29) is 16.0 Å². The van der Waals surface area contributed by atoms with Crippen molar-refractivity contribution in [2.45, 2.75) is 27.3 Å². The third-order valence-electron chi connectivity index (χ3n) is 1.40. The van der Waals surface area contributed by atoms with Gasteiger partial charge in [0.15, 0.2) is 0 Å². The van der Waals surface area contributed by atoms with Crippen LogP contribution < -0.4 is 5.56 Å². The first-order valence-corrected chi connectivity index (χ1v) is 5.39. The van der Waals surface area contributed by atoms with E-state index in [1.54, 1.807) is 3.96 Å². The number of aromatic nitrogens is 1. The fraction of sp³-hybridized carbons (Fsp3) is 0.625. The quantitative estimate of drug-likeness (QED) is 0.738. The molecule has 1 heterocycles. The van der Waals surface area contributed by atoms with Gasteiger partial charge in [0.05, 0.1) is 0 Å². The van der Waals surface area contributed by atoms with Crippen molar-refractivity contribution in [3.8, 4) is 0 Å². The Hall–Kier alpha value is 0.01000. The van der Waals surface area contributed by atoms with Gasteiger partial charge in [-0.25, -0.2) is 0 Å². The standard InChI is InChI=1S/C8H11Cl2NOS/c1-8(2,3)4-11-7(12)5(9)6(10)13-11/h4H2,1-3H3. The van der Waals surface area contributed by atoms with E-state index >= 15 is 0 Å². The van der Waals surface area contributed by atoms with Crippen LogP contribution in [0.1, 0.15) is 20.8 Å². The van der Waals surface area contributed by atoms with E-state index in [0.717, 1.165) is 0 Å². The van der Waals surface area contributed by atoms with Crippen LogP contribution in [-0.4, -0.2) is 3.96 Å². The van der Waals surface area contributed by atoms with E-state index in [4.69, 9.17) is 23.2 Å². The molecule has 0 fully saturated rings. The molecule has 0 unspecified atom stereocenters. The Kier molecular flexibility index (Phi) is 3.10. The van der Waals surface area contributed by atoms with E-state index in [1.165, 1.54) is 11.5 Å². The minimum Gasteiger partial charge on any atom is -0.267 e. The van der Waals surface area contributed by atoms with E-state index in [2.05, 4.69) is 20.8 Å². The lowest BCUT2D eigenvalue weighted by Gasteiger charge is -2.17. The molecule has 0 aliphatic carbocycles. The lowest BCUT2D eigenvalue weighted by molar-refractivity contribution is 0.353. The Morgan fingerprint density at radius 3 is 2.23 bits per heavy atom. The van der Waals surface area contributed by atoms with Crippen molar-refractivity contribution in [1.29, 1.82) is 0 Å². The van der Waals surface area contributed by atoms with E-state index in [0.29, 0.717) is 10.9 Å². The van der Waals surface area contributed by atoms with Crippen LogP contribution in [0.5, 0.6) is 0 Å². The van der Waals surface area contributed by atoms with Crippen molar-refractivity contribution >= 4 is 34.7 Å². The highest BCUT2D eigenvalue weighted by Crippen LogP contribution is 2.26. The second-order valence-corrected chi connectivity index (χ2v) is 6.09. The zero-order valence-electron chi connectivity index (χ0n) is 7.73. The molecule has 74 valence electrons. The lowest BCUT2D eigenvalue weighted by Crippen LogP contribution is -2.22. The van der Waals surface area contributed by atoms with Crippen molar-refractivity contribution in [2.24, 2.45) is 5.41 Å². The highest BCUT2D eigenvalue weighted by atomic mass is 35.5. The third-order valence-corrected chi connectivity index (χ3v) is 3.23. The number of nitrogens with zero attached hydrogens (tertiary/aromatic N) is 1. The molecular weight excluding hydrogens is 229 g/mol. The molecule has 0 saturated heterocycles. The molecular formula is C8H11Cl2NOS. The van der Waals surface area contributed by atoms with Gasteiger partial charge in [0.1, 0.15) is 9.36 Å².